The van der Waals surface area contributed by atoms with Gasteiger partial charge in [0.25, 0.3) is 0 Å². The summed E-state index contributed by atoms with van der Waals surface area (Å²) < 4.78 is 0. The zero-order chi connectivity index (χ0) is 15.8. The van der Waals surface area contributed by atoms with E-state index < -0.39 is 5.54 Å². The third-order valence-corrected chi connectivity index (χ3v) is 5.60. The van der Waals surface area contributed by atoms with Crippen LogP contribution < -0.4 is 5.32 Å². The second kappa shape index (κ2) is 5.79. The second-order valence-corrected chi connectivity index (χ2v) is 7.26. The molecule has 1 fully saturated rings. The zero-order valence-electron chi connectivity index (χ0n) is 13.4. The highest BCUT2D eigenvalue weighted by molar-refractivity contribution is 7.12. The van der Waals surface area contributed by atoms with Crippen molar-refractivity contribution in [3.05, 3.63) is 21.9 Å². The summed E-state index contributed by atoms with van der Waals surface area (Å²) in [5, 5.41) is 2.91. The van der Waals surface area contributed by atoms with Crippen LogP contribution in [0.4, 0.5) is 0 Å². The highest BCUT2D eigenvalue weighted by atomic mass is 32.1. The molecule has 1 aliphatic rings. The van der Waals surface area contributed by atoms with Crippen LogP contribution in [0.25, 0.3) is 0 Å². The second-order valence-electron chi connectivity index (χ2n) is 5.94. The van der Waals surface area contributed by atoms with Crippen LogP contribution in [-0.2, 0) is 9.59 Å². The molecule has 2 amide bonds. The first-order chi connectivity index (χ1) is 9.84. The molecule has 3 atom stereocenters. The van der Waals surface area contributed by atoms with Gasteiger partial charge in [0.15, 0.2) is 0 Å². The number of piperazine rings is 1. The van der Waals surface area contributed by atoms with Crippen molar-refractivity contribution in [2.24, 2.45) is 0 Å². The van der Waals surface area contributed by atoms with Crippen molar-refractivity contribution in [3.63, 3.8) is 0 Å². The largest absolute Gasteiger partial charge is 0.340 e. The van der Waals surface area contributed by atoms with Crippen molar-refractivity contribution in [1.82, 2.24) is 10.2 Å². The molecule has 116 valence electrons. The number of carbonyl (C=O) groups is 2. The average Bonchev–Trinajstić information content (AvgIpc) is 2.88. The highest BCUT2D eigenvalue weighted by Crippen LogP contribution is 2.34. The van der Waals surface area contributed by atoms with Crippen LogP contribution in [0.1, 0.15) is 56.3 Å². The molecule has 1 saturated heterocycles. The van der Waals surface area contributed by atoms with E-state index >= 15 is 0 Å². The predicted molar refractivity (Wildman–Crippen MR) is 85.2 cm³/mol. The molecule has 1 aromatic heterocycles. The maximum atomic E-state index is 12.9. The maximum absolute atomic E-state index is 12.9. The molecule has 21 heavy (non-hydrogen) atoms. The zero-order valence-corrected chi connectivity index (χ0v) is 14.2. The number of nitrogens with zero attached hydrogens (tertiary/aromatic N) is 1. The van der Waals surface area contributed by atoms with E-state index in [-0.39, 0.29) is 23.9 Å². The van der Waals surface area contributed by atoms with Crippen molar-refractivity contribution in [2.45, 2.75) is 65.1 Å². The topological polar surface area (TPSA) is 49.4 Å². The standard InChI is InChI=1S/C16H24N2O2S/c1-6-12-14(19)17-16(5,7-2)15(20)18(12)11(4)13-9-8-10(3)21-13/h8-9,11-12H,6-7H2,1-5H3,(H,17,19). The van der Waals surface area contributed by atoms with Gasteiger partial charge < -0.3 is 10.2 Å². The molecule has 1 aromatic rings. The molecule has 0 spiro atoms. The summed E-state index contributed by atoms with van der Waals surface area (Å²) in [4.78, 5) is 29.5. The van der Waals surface area contributed by atoms with Crippen molar-refractivity contribution in [3.8, 4) is 0 Å². The summed E-state index contributed by atoms with van der Waals surface area (Å²) in [5.74, 6) is -0.0171. The van der Waals surface area contributed by atoms with Crippen molar-refractivity contribution in [1.29, 1.82) is 0 Å². The molecule has 1 aliphatic heterocycles. The van der Waals surface area contributed by atoms with Gasteiger partial charge >= 0.3 is 0 Å². The van der Waals surface area contributed by atoms with Crippen molar-refractivity contribution >= 4 is 23.2 Å². The van der Waals surface area contributed by atoms with Gasteiger partial charge in [-0.25, -0.2) is 0 Å². The first-order valence-corrected chi connectivity index (χ1v) is 8.36. The van der Waals surface area contributed by atoms with Gasteiger partial charge in [-0.2, -0.15) is 0 Å². The summed E-state index contributed by atoms with van der Waals surface area (Å²) in [7, 11) is 0. The van der Waals surface area contributed by atoms with Crippen LogP contribution in [-0.4, -0.2) is 28.3 Å². The molecule has 0 aliphatic carbocycles. The monoisotopic (exact) mass is 308 g/mol. The van der Waals surface area contributed by atoms with Crippen LogP contribution >= 0.6 is 11.3 Å². The number of nitrogens with one attached hydrogen (secondary N) is 1. The minimum atomic E-state index is -0.788. The molecule has 3 unspecified atom stereocenters. The molecule has 0 radical (unpaired) electrons. The molecule has 4 nitrogen and oxygen atoms in total. The van der Waals surface area contributed by atoms with Crippen molar-refractivity contribution < 1.29 is 9.59 Å². The fraction of sp³-hybridized carbons (Fsp3) is 0.625. The Morgan fingerprint density at radius 1 is 1.38 bits per heavy atom. The Hall–Kier alpha value is -1.36. The number of carbonyl (C=O) groups excluding carboxylic acids is 2. The summed E-state index contributed by atoms with van der Waals surface area (Å²) in [5.41, 5.74) is -0.788. The maximum Gasteiger partial charge on any atom is 0.249 e. The third kappa shape index (κ3) is 2.71. The molecule has 1 N–H and O–H groups in total. The van der Waals surface area contributed by atoms with E-state index in [1.54, 1.807) is 16.2 Å². The van der Waals surface area contributed by atoms with E-state index in [1.165, 1.54) is 4.88 Å². The number of hydrogen-bond donors (Lipinski definition) is 1. The number of rotatable bonds is 4. The fourth-order valence-corrected chi connectivity index (χ4v) is 3.77. The SMILES string of the molecule is CCC1C(=O)NC(C)(CC)C(=O)N1C(C)c1ccc(C)s1. The minimum absolute atomic E-state index is 0.0232. The van der Waals surface area contributed by atoms with E-state index in [4.69, 9.17) is 0 Å². The quantitative estimate of drug-likeness (QED) is 0.929. The molecule has 0 aromatic carbocycles. The van der Waals surface area contributed by atoms with E-state index in [0.717, 1.165) is 4.88 Å². The molecular weight excluding hydrogens is 284 g/mol. The van der Waals surface area contributed by atoms with Crippen molar-refractivity contribution in [2.75, 3.05) is 0 Å². The van der Waals surface area contributed by atoms with Gasteiger partial charge in [0.2, 0.25) is 11.8 Å². The van der Waals surface area contributed by atoms with Crippen LogP contribution in [0.3, 0.4) is 0 Å². The van der Waals surface area contributed by atoms with E-state index in [1.807, 2.05) is 27.7 Å². The Balaban J connectivity index is 2.40. The normalized spacial score (nSPS) is 27.7. The van der Waals surface area contributed by atoms with Crippen LogP contribution in [0.15, 0.2) is 12.1 Å². The van der Waals surface area contributed by atoms with Gasteiger partial charge in [0, 0.05) is 9.75 Å². The highest BCUT2D eigenvalue weighted by Gasteiger charge is 2.48. The van der Waals surface area contributed by atoms with Gasteiger partial charge in [-0.1, -0.05) is 13.8 Å². The molecular formula is C16H24N2O2S. The lowest BCUT2D eigenvalue weighted by Gasteiger charge is -2.46. The number of aryl methyl sites for hydroxylation is 1. The van der Waals surface area contributed by atoms with E-state index in [9.17, 15) is 9.59 Å². The Bertz CT molecular complexity index is 554. The minimum Gasteiger partial charge on any atom is -0.340 e. The molecule has 0 saturated carbocycles. The first kappa shape index (κ1) is 16.0. The van der Waals surface area contributed by atoms with Gasteiger partial charge in [-0.05, 0) is 45.7 Å². The lowest BCUT2D eigenvalue weighted by atomic mass is 9.90. The van der Waals surface area contributed by atoms with Crippen LogP contribution in [0, 0.1) is 6.92 Å². The fourth-order valence-electron chi connectivity index (χ4n) is 2.84. The molecule has 0 bridgehead atoms. The first-order valence-electron chi connectivity index (χ1n) is 7.55. The average molecular weight is 308 g/mol. The molecule has 2 rings (SSSR count). The van der Waals surface area contributed by atoms with Gasteiger partial charge in [0.05, 0.1) is 6.04 Å². The summed E-state index contributed by atoms with van der Waals surface area (Å²) >= 11 is 1.69. The Morgan fingerprint density at radius 2 is 2.05 bits per heavy atom. The lowest BCUT2D eigenvalue weighted by Crippen LogP contribution is -2.69. The Labute approximate surface area is 130 Å². The Morgan fingerprint density at radius 3 is 2.52 bits per heavy atom. The summed E-state index contributed by atoms with van der Waals surface area (Å²) in [6.07, 6.45) is 1.23. The number of thiophene rings is 1. The van der Waals surface area contributed by atoms with Gasteiger partial charge in [-0.15, -0.1) is 11.3 Å². The third-order valence-electron chi connectivity index (χ3n) is 4.43. The lowest BCUT2D eigenvalue weighted by molar-refractivity contribution is -0.157. The smallest absolute Gasteiger partial charge is 0.249 e. The van der Waals surface area contributed by atoms with Crippen LogP contribution in [0.2, 0.25) is 0 Å². The summed E-state index contributed by atoms with van der Waals surface area (Å²) in [6, 6.07) is 3.67. The van der Waals surface area contributed by atoms with E-state index in [2.05, 4.69) is 24.4 Å². The molecule has 2 heterocycles. The number of hydrogen-bond acceptors (Lipinski definition) is 3. The van der Waals surface area contributed by atoms with Gasteiger partial charge in [-0.3, -0.25) is 9.59 Å². The molecule has 5 heteroatoms. The van der Waals surface area contributed by atoms with Gasteiger partial charge in [0.1, 0.15) is 11.6 Å². The van der Waals surface area contributed by atoms with Crippen LogP contribution in [0.5, 0.6) is 0 Å². The van der Waals surface area contributed by atoms with E-state index in [0.29, 0.717) is 12.8 Å². The summed E-state index contributed by atoms with van der Waals surface area (Å²) in [6.45, 7) is 9.77. The number of amides is 2. The predicted octanol–water partition coefficient (Wildman–Crippen LogP) is 3.02. The Kier molecular flexibility index (Phi) is 4.42.